The minimum atomic E-state index is 0. The van der Waals surface area contributed by atoms with E-state index in [0.29, 0.717) is 17.1 Å². The smallest absolute Gasteiger partial charge is 0.253 e. The summed E-state index contributed by atoms with van der Waals surface area (Å²) in [5.74, 6) is 0.0413. The number of amides is 1. The van der Waals surface area contributed by atoms with E-state index < -0.39 is 0 Å². The van der Waals surface area contributed by atoms with Crippen molar-refractivity contribution in [1.29, 1.82) is 0 Å². The SMILES string of the molecule is Cl.N[C@H]1CCN(C(=O)c2ccc(Cl)cc2)C1. The molecule has 1 aliphatic heterocycles. The third-order valence-corrected chi connectivity index (χ3v) is 2.86. The second-order valence-corrected chi connectivity index (χ2v) is 4.24. The third kappa shape index (κ3) is 2.88. The Morgan fingerprint density at radius 2 is 2.00 bits per heavy atom. The highest BCUT2D eigenvalue weighted by Gasteiger charge is 2.24. The van der Waals surface area contributed by atoms with Crippen LogP contribution in [0.3, 0.4) is 0 Å². The van der Waals surface area contributed by atoms with Crippen LogP contribution >= 0.6 is 24.0 Å². The van der Waals surface area contributed by atoms with E-state index in [0.717, 1.165) is 13.0 Å². The number of carbonyl (C=O) groups excluding carboxylic acids is 1. The molecule has 16 heavy (non-hydrogen) atoms. The zero-order chi connectivity index (χ0) is 10.8. The number of nitrogens with two attached hydrogens (primary N) is 1. The predicted octanol–water partition coefficient (Wildman–Crippen LogP) is 1.94. The molecule has 1 aromatic carbocycles. The van der Waals surface area contributed by atoms with Crippen molar-refractivity contribution in [1.82, 2.24) is 4.90 Å². The standard InChI is InChI=1S/C11H13ClN2O.ClH/c12-9-3-1-8(2-4-9)11(15)14-6-5-10(13)7-14;/h1-4,10H,5-7,13H2;1H/t10-;/m0./s1. The Labute approximate surface area is 106 Å². The lowest BCUT2D eigenvalue weighted by molar-refractivity contribution is 0.0791. The first-order chi connectivity index (χ1) is 7.16. The van der Waals surface area contributed by atoms with Gasteiger partial charge in [0.1, 0.15) is 0 Å². The maximum Gasteiger partial charge on any atom is 0.253 e. The largest absolute Gasteiger partial charge is 0.337 e. The van der Waals surface area contributed by atoms with E-state index in [4.69, 9.17) is 17.3 Å². The lowest BCUT2D eigenvalue weighted by Gasteiger charge is -2.15. The molecule has 1 saturated heterocycles. The number of halogens is 2. The van der Waals surface area contributed by atoms with E-state index in [1.54, 1.807) is 29.2 Å². The molecule has 0 spiro atoms. The van der Waals surface area contributed by atoms with Crippen molar-refractivity contribution < 1.29 is 4.79 Å². The van der Waals surface area contributed by atoms with Gasteiger partial charge in [-0.25, -0.2) is 0 Å². The molecule has 0 unspecified atom stereocenters. The predicted molar refractivity (Wildman–Crippen MR) is 67.2 cm³/mol. The van der Waals surface area contributed by atoms with Crippen LogP contribution in [0.4, 0.5) is 0 Å². The lowest BCUT2D eigenvalue weighted by Crippen LogP contribution is -2.31. The number of nitrogens with zero attached hydrogens (tertiary/aromatic N) is 1. The number of benzene rings is 1. The molecule has 0 radical (unpaired) electrons. The summed E-state index contributed by atoms with van der Waals surface area (Å²) in [4.78, 5) is 13.7. The molecule has 5 heteroatoms. The summed E-state index contributed by atoms with van der Waals surface area (Å²) in [7, 11) is 0. The number of likely N-dealkylation sites (tertiary alicyclic amines) is 1. The molecular weight excluding hydrogens is 247 g/mol. The number of hydrogen-bond donors (Lipinski definition) is 1. The molecule has 3 nitrogen and oxygen atoms in total. The maximum absolute atomic E-state index is 11.9. The Hall–Kier alpha value is -0.770. The number of rotatable bonds is 1. The van der Waals surface area contributed by atoms with Gasteiger partial charge >= 0.3 is 0 Å². The molecule has 88 valence electrons. The first-order valence-corrected chi connectivity index (χ1v) is 5.35. The zero-order valence-corrected chi connectivity index (χ0v) is 10.3. The highest BCUT2D eigenvalue weighted by atomic mass is 35.5. The summed E-state index contributed by atoms with van der Waals surface area (Å²) < 4.78 is 0. The summed E-state index contributed by atoms with van der Waals surface area (Å²) in [6, 6.07) is 7.07. The molecule has 0 aliphatic carbocycles. The normalized spacial score (nSPS) is 19.4. The van der Waals surface area contributed by atoms with Gasteiger partial charge in [-0.15, -0.1) is 12.4 Å². The van der Waals surface area contributed by atoms with Crippen molar-refractivity contribution >= 4 is 29.9 Å². The van der Waals surface area contributed by atoms with Crippen molar-refractivity contribution in [3.05, 3.63) is 34.9 Å². The summed E-state index contributed by atoms with van der Waals surface area (Å²) in [5.41, 5.74) is 6.42. The van der Waals surface area contributed by atoms with Gasteiger partial charge in [-0.3, -0.25) is 4.79 Å². The van der Waals surface area contributed by atoms with Crippen LogP contribution in [0.15, 0.2) is 24.3 Å². The fourth-order valence-corrected chi connectivity index (χ4v) is 1.87. The van der Waals surface area contributed by atoms with Crippen LogP contribution in [0, 0.1) is 0 Å². The molecule has 0 bridgehead atoms. The topological polar surface area (TPSA) is 46.3 Å². The first kappa shape index (κ1) is 13.3. The quantitative estimate of drug-likeness (QED) is 0.839. The van der Waals surface area contributed by atoms with Crippen LogP contribution < -0.4 is 5.73 Å². The molecule has 1 amide bonds. The molecule has 1 aliphatic rings. The fourth-order valence-electron chi connectivity index (χ4n) is 1.75. The van der Waals surface area contributed by atoms with Gasteiger partial charge in [0.05, 0.1) is 0 Å². The maximum atomic E-state index is 11.9. The van der Waals surface area contributed by atoms with Crippen LogP contribution in [0.5, 0.6) is 0 Å². The van der Waals surface area contributed by atoms with Crippen LogP contribution in [-0.2, 0) is 0 Å². The van der Waals surface area contributed by atoms with Gasteiger partial charge in [-0.2, -0.15) is 0 Å². The van der Waals surface area contributed by atoms with Gasteiger partial charge in [0, 0.05) is 29.7 Å². The second-order valence-electron chi connectivity index (χ2n) is 3.81. The van der Waals surface area contributed by atoms with Crippen LogP contribution in [0.25, 0.3) is 0 Å². The Kier molecular flexibility index (Phi) is 4.59. The number of hydrogen-bond acceptors (Lipinski definition) is 2. The molecule has 1 aromatic rings. The molecule has 2 N–H and O–H groups in total. The van der Waals surface area contributed by atoms with Crippen LogP contribution in [-0.4, -0.2) is 29.9 Å². The number of carbonyl (C=O) groups is 1. The van der Waals surface area contributed by atoms with Crippen LogP contribution in [0.1, 0.15) is 16.8 Å². The minimum absolute atomic E-state index is 0. The van der Waals surface area contributed by atoms with E-state index >= 15 is 0 Å². The Bertz CT molecular complexity index is 367. The fraction of sp³-hybridized carbons (Fsp3) is 0.364. The van der Waals surface area contributed by atoms with E-state index in [-0.39, 0.29) is 24.4 Å². The third-order valence-electron chi connectivity index (χ3n) is 2.60. The van der Waals surface area contributed by atoms with Gasteiger partial charge in [-0.05, 0) is 30.7 Å². The van der Waals surface area contributed by atoms with E-state index in [9.17, 15) is 4.79 Å². The highest BCUT2D eigenvalue weighted by molar-refractivity contribution is 6.30. The zero-order valence-electron chi connectivity index (χ0n) is 8.73. The average molecular weight is 261 g/mol. The van der Waals surface area contributed by atoms with Gasteiger partial charge in [0.25, 0.3) is 5.91 Å². The molecule has 0 saturated carbocycles. The monoisotopic (exact) mass is 260 g/mol. The van der Waals surface area contributed by atoms with E-state index in [2.05, 4.69) is 0 Å². The van der Waals surface area contributed by atoms with Gasteiger partial charge in [-0.1, -0.05) is 11.6 Å². The molecule has 1 heterocycles. The Morgan fingerprint density at radius 3 is 2.50 bits per heavy atom. The molecule has 1 atom stereocenters. The molecule has 1 fully saturated rings. The second kappa shape index (κ2) is 5.53. The molecule has 2 rings (SSSR count). The van der Waals surface area contributed by atoms with Gasteiger partial charge in [0.15, 0.2) is 0 Å². The van der Waals surface area contributed by atoms with Crippen molar-refractivity contribution in [3.63, 3.8) is 0 Å². The van der Waals surface area contributed by atoms with Crippen molar-refractivity contribution in [2.24, 2.45) is 5.73 Å². The van der Waals surface area contributed by atoms with Crippen molar-refractivity contribution in [2.45, 2.75) is 12.5 Å². The van der Waals surface area contributed by atoms with Gasteiger partial charge in [0.2, 0.25) is 0 Å². The molecule has 0 aromatic heterocycles. The lowest BCUT2D eigenvalue weighted by atomic mass is 10.2. The van der Waals surface area contributed by atoms with E-state index in [1.165, 1.54) is 0 Å². The van der Waals surface area contributed by atoms with E-state index in [1.807, 2.05) is 0 Å². The van der Waals surface area contributed by atoms with Gasteiger partial charge < -0.3 is 10.6 Å². The van der Waals surface area contributed by atoms with Crippen LogP contribution in [0.2, 0.25) is 5.02 Å². The first-order valence-electron chi connectivity index (χ1n) is 4.97. The summed E-state index contributed by atoms with van der Waals surface area (Å²) in [6.45, 7) is 1.41. The summed E-state index contributed by atoms with van der Waals surface area (Å²) in [5, 5.41) is 0.643. The van der Waals surface area contributed by atoms with Crippen molar-refractivity contribution in [3.8, 4) is 0 Å². The minimum Gasteiger partial charge on any atom is -0.337 e. The average Bonchev–Trinajstić information content (AvgIpc) is 2.65. The summed E-state index contributed by atoms with van der Waals surface area (Å²) in [6.07, 6.45) is 0.888. The summed E-state index contributed by atoms with van der Waals surface area (Å²) >= 11 is 5.75. The Morgan fingerprint density at radius 1 is 1.38 bits per heavy atom. The Balaban J connectivity index is 0.00000128. The van der Waals surface area contributed by atoms with Crippen molar-refractivity contribution in [2.75, 3.05) is 13.1 Å². The highest BCUT2D eigenvalue weighted by Crippen LogP contribution is 2.14. The molecular formula is C11H14Cl2N2O.